The molecule has 0 amide bonds. The van der Waals surface area contributed by atoms with Gasteiger partial charge in [-0.05, 0) is 146 Å². The van der Waals surface area contributed by atoms with Crippen LogP contribution in [-0.2, 0) is 81.7 Å². The Morgan fingerprint density at radius 1 is 0.176 bits per heavy atom. The number of hydrogen-bond acceptors (Lipinski definition) is 4. The molecule has 736 valence electrons. The molecule has 0 radical (unpaired) electrons. The SMILES string of the molecule is C.C.C.C.CC=[N-].CC=[N-].CC=[N-].CC=[N-].I.I.I.I.[CH2-]c1ccccc1Oc1ccccc1[PH+](c1ccccc1)c1ccccc1.[CH2-]c1ccccc1Oc1ccccc1[PH+](c1ccccc1)c1ccccc1.[CH2-]c1ccccc1Oc1ccccc1[PH+](c1ccccc1)c1ccccc1.[CH2-]c1ccccc1Oc1ccccc1[PH+](c1ccccc1)c1ccccc1.[CH3-].[CH3-].[CH3-].[CH3-].[Pd].[Pd].[Pd].[Pd]. The number of nitrogens with zero attached hydrogens (tertiary/aromatic N) is 4. The van der Waals surface area contributed by atoms with E-state index in [0.717, 1.165) is 93.1 Å². The topological polar surface area (TPSA) is 126 Å². The van der Waals surface area contributed by atoms with Crippen LogP contribution >= 0.6 is 128 Å². The first kappa shape index (κ1) is 144. The second kappa shape index (κ2) is 83.0. The average molecular weight is 2700 g/mol. The van der Waals surface area contributed by atoms with E-state index in [-0.39, 0.29) is 237 Å². The Hall–Kier alpha value is -7.83. The van der Waals surface area contributed by atoms with Crippen LogP contribution in [0.3, 0.4) is 0 Å². The monoisotopic (exact) mass is 2700 g/mol. The quantitative estimate of drug-likeness (QED) is 0.0248. The summed E-state index contributed by atoms with van der Waals surface area (Å²) >= 11 is 0. The second-order valence-electron chi connectivity index (χ2n) is 26.3. The number of hydrogen-bond donors (Lipinski definition) is 0. The smallest absolute Gasteiger partial charge is 0.154 e. The predicted octanol–water partition coefficient (Wildman–Crippen LogP) is 30.0. The summed E-state index contributed by atoms with van der Waals surface area (Å²) in [7, 11) is -4.74. The standard InChI is InChI=1S/4C25H20OP.4C2H4N.4CH4.4CH3.4HI.4Pd/c4*1-20-12-8-9-17-23(20)26-24-18-10-11-19-25(24)27(21-13-4-2-5-14-21)22-15-6-3-7-16-22;4*1-2-3;;;;;;;;;;;;;;;;/h4*2-19H,1H2;4*2H,1H3;4*1H4;4*1H3;4*1H;;;;/q8*-1;;;;;4*-1;;;;;;;;/p+4. The Bertz CT molecular complexity index is 4860. The van der Waals surface area contributed by atoms with Crippen molar-refractivity contribution < 1.29 is 101 Å². The Morgan fingerprint density at radius 2 is 0.272 bits per heavy atom. The van der Waals surface area contributed by atoms with Gasteiger partial charge in [0.2, 0.25) is 0 Å². The molecule has 0 spiro atoms. The summed E-state index contributed by atoms with van der Waals surface area (Å²) in [5.41, 5.74) is 3.56. The summed E-state index contributed by atoms with van der Waals surface area (Å²) in [5, 5.41) is 45.5. The Morgan fingerprint density at radius 3 is 0.390 bits per heavy atom. The van der Waals surface area contributed by atoms with E-state index >= 15 is 0 Å². The maximum absolute atomic E-state index is 7.44. The van der Waals surface area contributed by atoms with Gasteiger partial charge < -0.3 is 70.3 Å². The van der Waals surface area contributed by atoms with Gasteiger partial charge in [-0.15, -0.1) is 120 Å². The van der Waals surface area contributed by atoms with Crippen molar-refractivity contribution in [3.05, 3.63) is 538 Å². The molecule has 0 heterocycles. The van der Waals surface area contributed by atoms with Gasteiger partial charge in [0.15, 0.2) is 23.0 Å². The van der Waals surface area contributed by atoms with Crippen LogP contribution in [-0.4, -0.2) is 24.9 Å². The molecule has 0 N–H and O–H groups in total. The van der Waals surface area contributed by atoms with E-state index < -0.39 is 31.7 Å². The van der Waals surface area contributed by atoms with E-state index in [1.807, 2.05) is 121 Å². The zero-order valence-corrected chi connectivity index (χ0v) is 94.6. The van der Waals surface area contributed by atoms with E-state index in [1.54, 1.807) is 27.7 Å². The molecule has 0 atom stereocenters. The fourth-order valence-corrected chi connectivity index (χ4v) is 23.3. The number of halogens is 4. The molecule has 16 rings (SSSR count). The molecule has 136 heavy (non-hydrogen) atoms. The fraction of sp³-hybridized carbons (Fsp3) is 0.0690. The van der Waals surface area contributed by atoms with Crippen molar-refractivity contribution in [2.75, 3.05) is 0 Å². The minimum Gasteiger partial charge on any atom is -0.814 e. The van der Waals surface area contributed by atoms with Gasteiger partial charge in [-0.2, -0.15) is 74.2 Å². The third kappa shape index (κ3) is 45.6. The molecule has 0 bridgehead atoms. The molecular formula is C116H132I4N4O4P4Pd4-8. The van der Waals surface area contributed by atoms with E-state index in [9.17, 15) is 0 Å². The zero-order valence-electron chi connectivity index (χ0n) is 75.0. The largest absolute Gasteiger partial charge is 0.814 e. The van der Waals surface area contributed by atoms with Gasteiger partial charge in [-0.25, -0.2) is 24.9 Å². The van der Waals surface area contributed by atoms with Crippen molar-refractivity contribution in [3.63, 3.8) is 0 Å². The van der Waals surface area contributed by atoms with Crippen LogP contribution in [0.4, 0.5) is 0 Å². The molecule has 0 aliphatic heterocycles. The van der Waals surface area contributed by atoms with E-state index in [4.69, 9.17) is 40.6 Å². The molecule has 0 fully saturated rings. The van der Waals surface area contributed by atoms with E-state index in [0.29, 0.717) is 0 Å². The third-order valence-corrected chi connectivity index (χ3v) is 29.0. The van der Waals surface area contributed by atoms with Crippen molar-refractivity contribution in [2.24, 2.45) is 0 Å². The summed E-state index contributed by atoms with van der Waals surface area (Å²) in [6.07, 6.45) is 4.00. The number of benzene rings is 16. The van der Waals surface area contributed by atoms with Crippen molar-refractivity contribution in [3.8, 4) is 46.0 Å². The fourth-order valence-electron chi connectivity index (χ4n) is 12.7. The normalized spacial score (nSPS) is 8.88. The van der Waals surface area contributed by atoms with Crippen molar-refractivity contribution >= 4 is 216 Å². The van der Waals surface area contributed by atoms with Gasteiger partial charge in [-0.3, -0.25) is 0 Å². The summed E-state index contributed by atoms with van der Waals surface area (Å²) in [6.45, 7) is 22.6. The van der Waals surface area contributed by atoms with Crippen LogP contribution in [0, 0.1) is 57.4 Å². The predicted molar refractivity (Wildman–Crippen MR) is 645 cm³/mol. The molecule has 0 aromatic heterocycles. The zero-order chi connectivity index (χ0) is 84.7. The van der Waals surface area contributed by atoms with Gasteiger partial charge in [-0.1, -0.05) is 300 Å². The van der Waals surface area contributed by atoms with Gasteiger partial charge >= 0.3 is 0 Å². The second-order valence-corrected chi connectivity index (χ2v) is 36.1. The molecule has 16 aromatic rings. The van der Waals surface area contributed by atoms with E-state index in [2.05, 4.69) is 343 Å². The van der Waals surface area contributed by atoms with Crippen LogP contribution in [0.25, 0.3) is 21.6 Å². The van der Waals surface area contributed by atoms with Crippen LogP contribution in [0.5, 0.6) is 46.0 Å². The summed E-state index contributed by atoms with van der Waals surface area (Å²) in [6, 6.07) is 151. The molecule has 16 aromatic carbocycles. The molecule has 0 unspecified atom stereocenters. The number of para-hydroxylation sites is 8. The molecule has 8 nitrogen and oxygen atoms in total. The van der Waals surface area contributed by atoms with E-state index in [1.165, 1.54) is 63.7 Å². The Balaban J connectivity index is -0.000000248. The minimum absolute atomic E-state index is 0. The Kier molecular flexibility index (Phi) is 87.6. The average Bonchev–Trinajstić information content (AvgIpc) is 0.810. The van der Waals surface area contributed by atoms with Gasteiger partial charge in [0.25, 0.3) is 0 Å². The maximum Gasteiger partial charge on any atom is 0.154 e. The number of ether oxygens (including phenoxy) is 4. The van der Waals surface area contributed by atoms with Crippen molar-refractivity contribution in [2.45, 2.75) is 57.4 Å². The maximum atomic E-state index is 7.44. The molecule has 0 aliphatic rings. The summed E-state index contributed by atoms with van der Waals surface area (Å²) < 4.78 is 25.3. The molecule has 0 saturated carbocycles. The van der Waals surface area contributed by atoms with Crippen LogP contribution in [0.15, 0.2) is 437 Å². The number of rotatable bonds is 20. The minimum atomic E-state index is -1.18. The van der Waals surface area contributed by atoms with Crippen molar-refractivity contribution in [1.82, 2.24) is 0 Å². The van der Waals surface area contributed by atoms with Crippen LogP contribution < -0.4 is 82.6 Å². The van der Waals surface area contributed by atoms with Crippen LogP contribution in [0.2, 0.25) is 0 Å². The third-order valence-electron chi connectivity index (χ3n) is 17.9. The Labute approximate surface area is 947 Å². The first-order valence-corrected chi connectivity index (χ1v) is 45.3. The summed E-state index contributed by atoms with van der Waals surface area (Å²) in [5.74, 6) is 6.79. The molecule has 0 aliphatic carbocycles. The van der Waals surface area contributed by atoms with Crippen LogP contribution in [0.1, 0.15) is 79.7 Å². The molecular weight excluding hydrogens is 2570 g/mol. The van der Waals surface area contributed by atoms with Gasteiger partial charge in [0, 0.05) is 105 Å². The molecule has 0 saturated heterocycles. The first-order chi connectivity index (χ1) is 59.0. The van der Waals surface area contributed by atoms with Gasteiger partial charge in [0.05, 0.1) is 0 Å². The summed E-state index contributed by atoms with van der Waals surface area (Å²) in [4.78, 5) is 0. The van der Waals surface area contributed by atoms with Gasteiger partial charge in [0.1, 0.15) is 95.3 Å². The van der Waals surface area contributed by atoms with Crippen molar-refractivity contribution in [1.29, 1.82) is 0 Å². The first-order valence-electron chi connectivity index (χ1n) is 39.3. The molecule has 20 heteroatoms.